The minimum absolute atomic E-state index is 0.0258. The molecule has 0 fully saturated rings. The van der Waals surface area contributed by atoms with Crippen molar-refractivity contribution >= 4 is 34.9 Å². The van der Waals surface area contributed by atoms with Crippen molar-refractivity contribution in [3.63, 3.8) is 0 Å². The third-order valence-electron chi connectivity index (χ3n) is 5.48. The van der Waals surface area contributed by atoms with Crippen LogP contribution >= 0.6 is 0 Å². The fourth-order valence-corrected chi connectivity index (χ4v) is 3.67. The molecule has 2 aromatic heterocycles. The number of nitrogens with one attached hydrogen (secondary N) is 3. The summed E-state index contributed by atoms with van der Waals surface area (Å²) >= 11 is 0. The molecule has 0 radical (unpaired) electrons. The third-order valence-corrected chi connectivity index (χ3v) is 5.48. The monoisotopic (exact) mass is 558 g/mol. The van der Waals surface area contributed by atoms with Gasteiger partial charge in [-0.3, -0.25) is 9.20 Å². The summed E-state index contributed by atoms with van der Waals surface area (Å²) in [6.07, 6.45) is -4.68. The number of hydrogen-bond donors (Lipinski definition) is 5. The molecule has 2 atom stereocenters. The number of aliphatic hydroxyl groups excluding tert-OH is 1. The summed E-state index contributed by atoms with van der Waals surface area (Å²) in [5.74, 6) is -2.43. The molecule has 0 bridgehead atoms. The van der Waals surface area contributed by atoms with E-state index < -0.39 is 42.2 Å². The number of carbonyl (C=O) groups excluding carboxylic acids is 2. The lowest BCUT2D eigenvalue weighted by Gasteiger charge is -2.17. The molecule has 208 valence electrons. The summed E-state index contributed by atoms with van der Waals surface area (Å²) in [7, 11) is 0. The Morgan fingerprint density at radius 3 is 2.33 bits per heavy atom. The number of fused-ring (bicyclic) bond motifs is 1. The second-order valence-corrected chi connectivity index (χ2v) is 8.37. The lowest BCUT2D eigenvalue weighted by molar-refractivity contribution is -0.274. The van der Waals surface area contributed by atoms with E-state index in [9.17, 15) is 37.8 Å². The predicted octanol–water partition coefficient (Wildman–Crippen LogP) is 3.50. The van der Waals surface area contributed by atoms with Gasteiger partial charge in [0.15, 0.2) is 23.3 Å². The zero-order valence-electron chi connectivity index (χ0n) is 20.5. The molecule has 0 saturated carbocycles. The van der Waals surface area contributed by atoms with E-state index in [4.69, 9.17) is 0 Å². The standard InChI is InChI=1S/C25H21F3N6O6/c1-13(35)19(23(37)38)31-22(36)16-5-4-12-34-20(32-33-21(16)34)14-8-10-15(11-9-14)29-24(39)30-17-6-2-3-7-18(17)40-25(26,27)28/h2-13,19,35H,1H3,(H,31,36)(H,37,38)(H2,29,30,39)/t13-,19-/m0/s1. The first-order valence-electron chi connectivity index (χ1n) is 11.5. The van der Waals surface area contributed by atoms with Crippen molar-refractivity contribution in [2.24, 2.45) is 0 Å². The van der Waals surface area contributed by atoms with Gasteiger partial charge in [-0.05, 0) is 55.5 Å². The quantitative estimate of drug-likeness (QED) is 0.219. The molecule has 40 heavy (non-hydrogen) atoms. The van der Waals surface area contributed by atoms with Gasteiger partial charge in [0, 0.05) is 17.4 Å². The molecule has 12 nitrogen and oxygen atoms in total. The number of halogens is 3. The van der Waals surface area contributed by atoms with E-state index in [1.54, 1.807) is 18.3 Å². The van der Waals surface area contributed by atoms with Crippen molar-refractivity contribution in [2.45, 2.75) is 25.4 Å². The zero-order chi connectivity index (χ0) is 29.0. The van der Waals surface area contributed by atoms with Crippen LogP contribution in [0.3, 0.4) is 0 Å². The molecule has 0 spiro atoms. The molecule has 5 N–H and O–H groups in total. The number of alkyl halides is 3. The topological polar surface area (TPSA) is 167 Å². The number of nitrogens with zero attached hydrogens (tertiary/aromatic N) is 3. The smallest absolute Gasteiger partial charge is 0.480 e. The highest BCUT2D eigenvalue weighted by atomic mass is 19.4. The molecular formula is C25H21F3N6O6. The summed E-state index contributed by atoms with van der Waals surface area (Å²) in [4.78, 5) is 36.4. The summed E-state index contributed by atoms with van der Waals surface area (Å²) in [5.41, 5.74) is 0.810. The van der Waals surface area contributed by atoms with Crippen molar-refractivity contribution in [1.82, 2.24) is 19.9 Å². The van der Waals surface area contributed by atoms with Gasteiger partial charge in [-0.15, -0.1) is 23.4 Å². The molecule has 3 amide bonds. The molecular weight excluding hydrogens is 537 g/mol. The fraction of sp³-hybridized carbons (Fsp3) is 0.160. The first kappa shape index (κ1) is 27.8. The normalized spacial score (nSPS) is 12.8. The van der Waals surface area contributed by atoms with Crippen molar-refractivity contribution in [3.8, 4) is 17.1 Å². The maximum Gasteiger partial charge on any atom is 0.573 e. The Hall–Kier alpha value is -5.18. The highest BCUT2D eigenvalue weighted by Gasteiger charge is 2.32. The van der Waals surface area contributed by atoms with Crippen LogP contribution in [0, 0.1) is 0 Å². The maximum atomic E-state index is 12.7. The van der Waals surface area contributed by atoms with Gasteiger partial charge in [-0.1, -0.05) is 12.1 Å². The van der Waals surface area contributed by atoms with Crippen LogP contribution in [0.2, 0.25) is 0 Å². The highest BCUT2D eigenvalue weighted by Crippen LogP contribution is 2.30. The van der Waals surface area contributed by atoms with Gasteiger partial charge in [0.05, 0.1) is 17.4 Å². The average molecular weight is 558 g/mol. The minimum atomic E-state index is -4.93. The molecule has 2 heterocycles. The van der Waals surface area contributed by atoms with Crippen LogP contribution in [0.5, 0.6) is 5.75 Å². The van der Waals surface area contributed by atoms with Crippen LogP contribution in [0.15, 0.2) is 66.9 Å². The largest absolute Gasteiger partial charge is 0.573 e. The van der Waals surface area contributed by atoms with E-state index in [-0.39, 0.29) is 16.9 Å². The lowest BCUT2D eigenvalue weighted by atomic mass is 10.1. The van der Waals surface area contributed by atoms with Crippen LogP contribution in [-0.4, -0.2) is 61.2 Å². The van der Waals surface area contributed by atoms with Crippen molar-refractivity contribution in [1.29, 1.82) is 0 Å². The first-order valence-corrected chi connectivity index (χ1v) is 11.5. The Balaban J connectivity index is 1.49. The lowest BCUT2D eigenvalue weighted by Crippen LogP contribution is -2.47. The van der Waals surface area contributed by atoms with Crippen LogP contribution in [0.25, 0.3) is 17.0 Å². The van der Waals surface area contributed by atoms with Gasteiger partial charge in [-0.25, -0.2) is 9.59 Å². The van der Waals surface area contributed by atoms with Gasteiger partial charge >= 0.3 is 18.4 Å². The fourth-order valence-electron chi connectivity index (χ4n) is 3.67. The molecule has 0 unspecified atom stereocenters. The second kappa shape index (κ2) is 11.3. The SMILES string of the molecule is C[C@H](O)[C@H](NC(=O)c1cccn2c(-c3ccc(NC(=O)Nc4ccccc4OC(F)(F)F)cc3)nnc12)C(=O)O. The van der Waals surface area contributed by atoms with E-state index >= 15 is 0 Å². The number of ether oxygens (including phenoxy) is 1. The number of benzene rings is 2. The number of pyridine rings is 1. The molecule has 0 aliphatic rings. The average Bonchev–Trinajstić information content (AvgIpc) is 3.32. The summed E-state index contributed by atoms with van der Waals surface area (Å²) < 4.78 is 43.3. The predicted molar refractivity (Wildman–Crippen MR) is 135 cm³/mol. The van der Waals surface area contributed by atoms with Crippen LogP contribution < -0.4 is 20.7 Å². The number of carboxylic acids is 1. The number of rotatable bonds is 8. The number of para-hydroxylation sites is 2. The van der Waals surface area contributed by atoms with E-state index in [2.05, 4.69) is 30.9 Å². The Labute approximate surface area is 223 Å². The van der Waals surface area contributed by atoms with Crippen molar-refractivity contribution in [2.75, 3.05) is 10.6 Å². The van der Waals surface area contributed by atoms with E-state index in [1.165, 1.54) is 53.8 Å². The number of amides is 3. The molecule has 4 aromatic rings. The van der Waals surface area contributed by atoms with Gasteiger partial charge < -0.3 is 30.9 Å². The van der Waals surface area contributed by atoms with E-state index in [1.807, 2.05) is 0 Å². The second-order valence-electron chi connectivity index (χ2n) is 8.37. The van der Waals surface area contributed by atoms with E-state index in [0.29, 0.717) is 17.1 Å². The molecule has 4 rings (SSSR count). The molecule has 0 saturated heterocycles. The summed E-state index contributed by atoms with van der Waals surface area (Å²) in [6, 6.07) is 11.9. The molecule has 15 heteroatoms. The van der Waals surface area contributed by atoms with Crippen LogP contribution in [0.4, 0.5) is 29.3 Å². The van der Waals surface area contributed by atoms with Crippen molar-refractivity contribution in [3.05, 3.63) is 72.4 Å². The number of carboxylic acid groups (broad SMARTS) is 1. The molecule has 2 aromatic carbocycles. The highest BCUT2D eigenvalue weighted by molar-refractivity contribution is 6.02. The number of aliphatic hydroxyl groups is 1. The van der Waals surface area contributed by atoms with Crippen LogP contribution in [-0.2, 0) is 4.79 Å². The number of aromatic nitrogens is 3. The number of urea groups is 1. The Kier molecular flexibility index (Phi) is 7.85. The molecule has 0 aliphatic heterocycles. The maximum absolute atomic E-state index is 12.7. The number of aliphatic carboxylic acids is 1. The Morgan fingerprint density at radius 2 is 1.68 bits per heavy atom. The first-order chi connectivity index (χ1) is 18.9. The number of carbonyl (C=O) groups is 3. The Morgan fingerprint density at radius 1 is 0.975 bits per heavy atom. The van der Waals surface area contributed by atoms with Gasteiger partial charge in [0.2, 0.25) is 0 Å². The van der Waals surface area contributed by atoms with Crippen molar-refractivity contribution < 1.29 is 42.5 Å². The number of hydrogen-bond acceptors (Lipinski definition) is 7. The summed E-state index contributed by atoms with van der Waals surface area (Å²) in [5, 5.41) is 34.1. The summed E-state index contributed by atoms with van der Waals surface area (Å²) in [6.45, 7) is 1.23. The Bertz CT molecular complexity index is 1550. The zero-order valence-corrected chi connectivity index (χ0v) is 20.5. The van der Waals surface area contributed by atoms with Gasteiger partial charge in [0.1, 0.15) is 0 Å². The minimum Gasteiger partial charge on any atom is -0.480 e. The van der Waals surface area contributed by atoms with Crippen LogP contribution in [0.1, 0.15) is 17.3 Å². The number of anilines is 2. The third kappa shape index (κ3) is 6.44. The van der Waals surface area contributed by atoms with Gasteiger partial charge in [-0.2, -0.15) is 0 Å². The van der Waals surface area contributed by atoms with E-state index in [0.717, 1.165) is 6.07 Å². The van der Waals surface area contributed by atoms with Gasteiger partial charge in [0.25, 0.3) is 5.91 Å². The molecule has 0 aliphatic carbocycles.